The SMILES string of the molecule is Cc1cc(CNC(=O)OC(C)(C)C)cc(Oc2cccc(C(=O)NCCOCCOCCOCCOCCOCCOCCOCCN)c2)n1. The lowest BCUT2D eigenvalue weighted by atomic mass is 10.2. The molecule has 0 aliphatic carbocycles. The second-order valence-electron chi connectivity index (χ2n) is 11.8. The zero-order valence-corrected chi connectivity index (χ0v) is 30.0. The number of hydrogen-bond acceptors (Lipinski definition) is 13. The van der Waals surface area contributed by atoms with Crippen molar-refractivity contribution in [3.05, 3.63) is 53.2 Å². The zero-order valence-electron chi connectivity index (χ0n) is 30.0. The van der Waals surface area contributed by atoms with E-state index in [1.807, 2.05) is 13.0 Å². The minimum Gasteiger partial charge on any atom is -0.444 e. The summed E-state index contributed by atoms with van der Waals surface area (Å²) < 4.78 is 49.2. The molecule has 2 amide bonds. The monoisotopic (exact) mass is 708 g/mol. The first kappa shape index (κ1) is 42.8. The van der Waals surface area contributed by atoms with E-state index in [4.69, 9.17) is 48.4 Å². The van der Waals surface area contributed by atoms with Gasteiger partial charge >= 0.3 is 6.09 Å². The molecule has 0 radical (unpaired) electrons. The molecular formula is C35H56N4O11. The molecule has 15 heteroatoms. The number of pyridine rings is 1. The van der Waals surface area contributed by atoms with Gasteiger partial charge in [0.1, 0.15) is 11.4 Å². The molecule has 0 aliphatic rings. The molecule has 0 bridgehead atoms. The Morgan fingerprint density at radius 1 is 0.700 bits per heavy atom. The fraction of sp³-hybridized carbons (Fsp3) is 0.629. The van der Waals surface area contributed by atoms with Gasteiger partial charge in [-0.2, -0.15) is 0 Å². The van der Waals surface area contributed by atoms with E-state index in [2.05, 4.69) is 15.6 Å². The van der Waals surface area contributed by atoms with Crippen LogP contribution in [0.4, 0.5) is 4.79 Å². The number of alkyl carbamates (subject to hydrolysis) is 1. The van der Waals surface area contributed by atoms with Gasteiger partial charge < -0.3 is 59.0 Å². The number of amides is 2. The van der Waals surface area contributed by atoms with Crippen LogP contribution >= 0.6 is 0 Å². The van der Waals surface area contributed by atoms with Crippen LogP contribution in [0.2, 0.25) is 0 Å². The summed E-state index contributed by atoms with van der Waals surface area (Å²) in [5.74, 6) is 0.543. The van der Waals surface area contributed by atoms with Crippen LogP contribution < -0.4 is 21.1 Å². The third kappa shape index (κ3) is 22.3. The Labute approximate surface area is 295 Å². The number of carbonyl (C=O) groups excluding carboxylic acids is 2. The number of carbonyl (C=O) groups is 2. The van der Waals surface area contributed by atoms with Gasteiger partial charge in [0.05, 0.1) is 92.5 Å². The van der Waals surface area contributed by atoms with Gasteiger partial charge in [-0.1, -0.05) is 6.07 Å². The Hall–Kier alpha value is -3.41. The van der Waals surface area contributed by atoms with E-state index in [-0.39, 0.29) is 12.5 Å². The van der Waals surface area contributed by atoms with E-state index >= 15 is 0 Å². The topological polar surface area (TPSA) is 180 Å². The van der Waals surface area contributed by atoms with Crippen molar-refractivity contribution in [2.45, 2.75) is 39.8 Å². The maximum atomic E-state index is 12.7. The molecule has 2 rings (SSSR count). The van der Waals surface area contributed by atoms with Gasteiger partial charge in [-0.05, 0) is 57.5 Å². The smallest absolute Gasteiger partial charge is 0.407 e. The highest BCUT2D eigenvalue weighted by Crippen LogP contribution is 2.22. The number of nitrogens with two attached hydrogens (primary N) is 1. The van der Waals surface area contributed by atoms with Gasteiger partial charge in [-0.15, -0.1) is 0 Å². The molecule has 2 aromatic rings. The van der Waals surface area contributed by atoms with Crippen molar-refractivity contribution < 1.29 is 52.2 Å². The quantitative estimate of drug-likeness (QED) is 0.110. The van der Waals surface area contributed by atoms with Gasteiger partial charge in [-0.25, -0.2) is 9.78 Å². The number of ether oxygens (including phenoxy) is 9. The summed E-state index contributed by atoms with van der Waals surface area (Å²) in [6, 6.07) is 10.4. The Balaban J connectivity index is 1.47. The van der Waals surface area contributed by atoms with Crippen LogP contribution in [-0.2, 0) is 44.4 Å². The van der Waals surface area contributed by atoms with Crippen LogP contribution in [-0.4, -0.2) is 128 Å². The fourth-order valence-corrected chi connectivity index (χ4v) is 4.01. The van der Waals surface area contributed by atoms with Crippen LogP contribution in [0.15, 0.2) is 36.4 Å². The number of nitrogens with one attached hydrogen (secondary N) is 2. The average molecular weight is 709 g/mol. The molecule has 1 aromatic heterocycles. The molecule has 1 heterocycles. The number of hydrogen-bond donors (Lipinski definition) is 3. The van der Waals surface area contributed by atoms with Gasteiger partial charge in [0.25, 0.3) is 5.91 Å². The molecule has 50 heavy (non-hydrogen) atoms. The second kappa shape index (κ2) is 26.4. The number of rotatable bonds is 28. The molecule has 1 aromatic carbocycles. The predicted molar refractivity (Wildman–Crippen MR) is 186 cm³/mol. The molecule has 0 fully saturated rings. The van der Waals surface area contributed by atoms with E-state index in [1.54, 1.807) is 51.1 Å². The number of nitrogens with zero attached hydrogens (tertiary/aromatic N) is 1. The molecule has 0 atom stereocenters. The van der Waals surface area contributed by atoms with Gasteiger partial charge in [-0.3, -0.25) is 4.79 Å². The summed E-state index contributed by atoms with van der Waals surface area (Å²) in [4.78, 5) is 29.1. The molecule has 0 unspecified atom stereocenters. The highest BCUT2D eigenvalue weighted by atomic mass is 16.6. The van der Waals surface area contributed by atoms with Crippen LogP contribution in [0.1, 0.15) is 42.4 Å². The van der Waals surface area contributed by atoms with Gasteiger partial charge in [0, 0.05) is 37.0 Å². The third-order valence-electron chi connectivity index (χ3n) is 6.17. The van der Waals surface area contributed by atoms with Crippen molar-refractivity contribution in [3.63, 3.8) is 0 Å². The summed E-state index contributed by atoms with van der Waals surface area (Å²) in [6.07, 6.45) is -0.509. The lowest BCUT2D eigenvalue weighted by molar-refractivity contribution is -0.0201. The highest BCUT2D eigenvalue weighted by Gasteiger charge is 2.16. The average Bonchev–Trinajstić information content (AvgIpc) is 3.06. The summed E-state index contributed by atoms with van der Waals surface area (Å²) in [5, 5.41) is 5.56. The molecule has 0 spiro atoms. The van der Waals surface area contributed by atoms with E-state index in [0.29, 0.717) is 123 Å². The molecule has 282 valence electrons. The van der Waals surface area contributed by atoms with E-state index in [1.165, 1.54) is 0 Å². The molecule has 0 aliphatic heterocycles. The minimum absolute atomic E-state index is 0.249. The summed E-state index contributed by atoms with van der Waals surface area (Å²) in [5.41, 5.74) is 6.70. The molecule has 0 saturated carbocycles. The van der Waals surface area contributed by atoms with E-state index in [9.17, 15) is 9.59 Å². The van der Waals surface area contributed by atoms with Crippen molar-refractivity contribution in [2.24, 2.45) is 5.73 Å². The number of benzene rings is 1. The van der Waals surface area contributed by atoms with E-state index < -0.39 is 11.7 Å². The lowest BCUT2D eigenvalue weighted by Gasteiger charge is -2.19. The summed E-state index contributed by atoms with van der Waals surface area (Å²) >= 11 is 0. The van der Waals surface area contributed by atoms with Crippen LogP contribution in [0.3, 0.4) is 0 Å². The molecular weight excluding hydrogens is 652 g/mol. The first-order valence-electron chi connectivity index (χ1n) is 16.9. The van der Waals surface area contributed by atoms with Crippen LogP contribution in [0.25, 0.3) is 0 Å². The summed E-state index contributed by atoms with van der Waals surface area (Å²) in [6.45, 7) is 15.0. The largest absolute Gasteiger partial charge is 0.444 e. The highest BCUT2D eigenvalue weighted by molar-refractivity contribution is 5.94. The Morgan fingerprint density at radius 3 is 1.74 bits per heavy atom. The first-order chi connectivity index (χ1) is 24.2. The predicted octanol–water partition coefficient (Wildman–Crippen LogP) is 3.01. The van der Waals surface area contributed by atoms with Crippen molar-refractivity contribution >= 4 is 12.0 Å². The van der Waals surface area contributed by atoms with Gasteiger partial charge in [0.15, 0.2) is 0 Å². The lowest BCUT2D eigenvalue weighted by Crippen LogP contribution is -2.32. The molecule has 15 nitrogen and oxygen atoms in total. The van der Waals surface area contributed by atoms with Crippen molar-refractivity contribution in [1.29, 1.82) is 0 Å². The van der Waals surface area contributed by atoms with Crippen molar-refractivity contribution in [2.75, 3.05) is 106 Å². The Morgan fingerprint density at radius 2 is 1.22 bits per heavy atom. The van der Waals surface area contributed by atoms with Gasteiger partial charge in [0.2, 0.25) is 5.88 Å². The zero-order chi connectivity index (χ0) is 36.3. The number of aryl methyl sites for hydroxylation is 1. The summed E-state index contributed by atoms with van der Waals surface area (Å²) in [7, 11) is 0. The first-order valence-corrected chi connectivity index (χ1v) is 16.9. The maximum Gasteiger partial charge on any atom is 0.407 e. The molecule has 4 N–H and O–H groups in total. The molecule has 0 saturated heterocycles. The fourth-order valence-electron chi connectivity index (χ4n) is 4.01. The Kier molecular flexibility index (Phi) is 22.6. The Bertz CT molecular complexity index is 1210. The third-order valence-corrected chi connectivity index (χ3v) is 6.17. The second-order valence-corrected chi connectivity index (χ2v) is 11.8. The maximum absolute atomic E-state index is 12.7. The van der Waals surface area contributed by atoms with Crippen LogP contribution in [0, 0.1) is 6.92 Å². The normalized spacial score (nSPS) is 11.4. The van der Waals surface area contributed by atoms with E-state index in [0.717, 1.165) is 11.3 Å². The standard InChI is InChI=1S/C35H56N4O11/c1-28-24-29(27-38-34(41)50-35(2,3)4)25-32(39-28)49-31-7-5-6-30(26-31)33(40)37-9-11-43-13-15-45-17-19-47-21-23-48-22-20-46-18-16-44-14-12-42-10-8-36/h5-7,24-26H,8-23,27,36H2,1-4H3,(H,37,40)(H,38,41). The number of aromatic nitrogens is 1. The van der Waals surface area contributed by atoms with Crippen molar-refractivity contribution in [3.8, 4) is 11.6 Å². The van der Waals surface area contributed by atoms with Crippen molar-refractivity contribution in [1.82, 2.24) is 15.6 Å². The van der Waals surface area contributed by atoms with Crippen LogP contribution in [0.5, 0.6) is 11.6 Å². The minimum atomic E-state index is -0.587.